The molecule has 0 radical (unpaired) electrons. The molecule has 1 heterocycles. The van der Waals surface area contributed by atoms with Crippen LogP contribution >= 0.6 is 0 Å². The SMILES string of the molecule is CCCN(C1CCCNC1)S(=O)(=O)c1ccc(F)c(F)c1. The summed E-state index contributed by atoms with van der Waals surface area (Å²) in [5, 5.41) is 3.18. The first-order valence-electron chi connectivity index (χ1n) is 7.14. The highest BCUT2D eigenvalue weighted by molar-refractivity contribution is 7.89. The first-order valence-corrected chi connectivity index (χ1v) is 8.58. The van der Waals surface area contributed by atoms with Crippen LogP contribution < -0.4 is 5.32 Å². The van der Waals surface area contributed by atoms with Gasteiger partial charge in [-0.25, -0.2) is 17.2 Å². The summed E-state index contributed by atoms with van der Waals surface area (Å²) in [5.74, 6) is -2.19. The molecule has 1 saturated heterocycles. The van der Waals surface area contributed by atoms with Crippen molar-refractivity contribution in [2.75, 3.05) is 19.6 Å². The minimum Gasteiger partial charge on any atom is -0.315 e. The Labute approximate surface area is 124 Å². The highest BCUT2D eigenvalue weighted by atomic mass is 32.2. The van der Waals surface area contributed by atoms with E-state index in [1.54, 1.807) is 0 Å². The van der Waals surface area contributed by atoms with Gasteiger partial charge in [-0.15, -0.1) is 0 Å². The Hall–Kier alpha value is -1.05. The summed E-state index contributed by atoms with van der Waals surface area (Å²) in [6.45, 7) is 3.72. The fraction of sp³-hybridized carbons (Fsp3) is 0.571. The second-order valence-corrected chi connectivity index (χ2v) is 7.08. The summed E-state index contributed by atoms with van der Waals surface area (Å²) in [6.07, 6.45) is 2.34. The lowest BCUT2D eigenvalue weighted by Crippen LogP contribution is -2.48. The van der Waals surface area contributed by atoms with Crippen LogP contribution in [0.4, 0.5) is 8.78 Å². The molecule has 1 aromatic rings. The lowest BCUT2D eigenvalue weighted by molar-refractivity contribution is 0.266. The van der Waals surface area contributed by atoms with Gasteiger partial charge in [-0.1, -0.05) is 6.92 Å². The molecule has 0 bridgehead atoms. The fourth-order valence-corrected chi connectivity index (χ4v) is 4.33. The molecule has 0 spiro atoms. The molecule has 21 heavy (non-hydrogen) atoms. The van der Waals surface area contributed by atoms with E-state index in [2.05, 4.69) is 5.32 Å². The van der Waals surface area contributed by atoms with Crippen LogP contribution in [0, 0.1) is 11.6 Å². The maximum absolute atomic E-state index is 13.3. The third-order valence-electron chi connectivity index (χ3n) is 3.62. The number of nitrogens with zero attached hydrogens (tertiary/aromatic N) is 1. The molecular weight excluding hydrogens is 298 g/mol. The van der Waals surface area contributed by atoms with Crippen molar-refractivity contribution in [3.05, 3.63) is 29.8 Å². The van der Waals surface area contributed by atoms with Gasteiger partial charge in [0.1, 0.15) is 0 Å². The Morgan fingerprint density at radius 2 is 2.10 bits per heavy atom. The molecule has 0 aliphatic carbocycles. The molecule has 0 amide bonds. The molecule has 2 rings (SSSR count). The first kappa shape index (κ1) is 16.3. The summed E-state index contributed by atoms with van der Waals surface area (Å²) < 4.78 is 53.1. The van der Waals surface area contributed by atoms with E-state index < -0.39 is 21.7 Å². The average molecular weight is 318 g/mol. The standard InChI is InChI=1S/C14H20F2N2O2S/c1-2-8-18(11-4-3-7-17-10-11)21(19,20)12-5-6-13(15)14(16)9-12/h5-6,9,11,17H,2-4,7-8,10H2,1H3. The van der Waals surface area contributed by atoms with Crippen LogP contribution in [-0.4, -0.2) is 38.4 Å². The average Bonchev–Trinajstić information content (AvgIpc) is 2.48. The number of sulfonamides is 1. The molecule has 7 heteroatoms. The van der Waals surface area contributed by atoms with Crippen LogP contribution in [0.15, 0.2) is 23.1 Å². The zero-order chi connectivity index (χ0) is 15.5. The number of piperidine rings is 1. The van der Waals surface area contributed by atoms with Gasteiger partial charge in [-0.3, -0.25) is 0 Å². The minimum atomic E-state index is -3.82. The van der Waals surface area contributed by atoms with Gasteiger partial charge in [-0.2, -0.15) is 4.31 Å². The van der Waals surface area contributed by atoms with Crippen LogP contribution in [-0.2, 0) is 10.0 Å². The van der Waals surface area contributed by atoms with Crippen molar-refractivity contribution >= 4 is 10.0 Å². The zero-order valence-electron chi connectivity index (χ0n) is 12.0. The Morgan fingerprint density at radius 3 is 2.67 bits per heavy atom. The molecule has 118 valence electrons. The van der Waals surface area contributed by atoms with Crippen LogP contribution in [0.25, 0.3) is 0 Å². The first-order chi connectivity index (χ1) is 9.96. The number of hydrogen-bond donors (Lipinski definition) is 1. The second-order valence-electron chi connectivity index (χ2n) is 5.19. The smallest absolute Gasteiger partial charge is 0.243 e. The Bertz CT molecular complexity index is 587. The molecule has 1 aliphatic rings. The second kappa shape index (κ2) is 6.81. The molecule has 1 fully saturated rings. The van der Waals surface area contributed by atoms with Gasteiger partial charge in [0.05, 0.1) is 4.90 Å². The van der Waals surface area contributed by atoms with Crippen molar-refractivity contribution in [3.63, 3.8) is 0 Å². The molecule has 0 saturated carbocycles. The van der Waals surface area contributed by atoms with E-state index in [1.165, 1.54) is 4.31 Å². The van der Waals surface area contributed by atoms with Crippen molar-refractivity contribution in [1.29, 1.82) is 0 Å². The highest BCUT2D eigenvalue weighted by Crippen LogP contribution is 2.23. The fourth-order valence-electron chi connectivity index (χ4n) is 2.57. The Balaban J connectivity index is 2.34. The van der Waals surface area contributed by atoms with E-state index in [4.69, 9.17) is 0 Å². The lowest BCUT2D eigenvalue weighted by Gasteiger charge is -2.33. The summed E-state index contributed by atoms with van der Waals surface area (Å²) >= 11 is 0. The van der Waals surface area contributed by atoms with Crippen LogP contribution in [0.5, 0.6) is 0 Å². The highest BCUT2D eigenvalue weighted by Gasteiger charge is 2.32. The van der Waals surface area contributed by atoms with E-state index in [0.29, 0.717) is 19.5 Å². The molecule has 4 nitrogen and oxygen atoms in total. The van der Waals surface area contributed by atoms with Gasteiger partial charge < -0.3 is 5.32 Å². The maximum Gasteiger partial charge on any atom is 0.243 e. The van der Waals surface area contributed by atoms with Crippen LogP contribution in [0.3, 0.4) is 0 Å². The predicted molar refractivity (Wildman–Crippen MR) is 76.4 cm³/mol. The zero-order valence-corrected chi connectivity index (χ0v) is 12.8. The topological polar surface area (TPSA) is 49.4 Å². The summed E-state index contributed by atoms with van der Waals surface area (Å²) in [6, 6.07) is 2.58. The van der Waals surface area contributed by atoms with Crippen molar-refractivity contribution in [3.8, 4) is 0 Å². The van der Waals surface area contributed by atoms with E-state index >= 15 is 0 Å². The normalized spacial score (nSPS) is 19.9. The van der Waals surface area contributed by atoms with Crippen molar-refractivity contribution < 1.29 is 17.2 Å². The maximum atomic E-state index is 13.3. The number of nitrogens with one attached hydrogen (secondary N) is 1. The largest absolute Gasteiger partial charge is 0.315 e. The number of benzene rings is 1. The summed E-state index contributed by atoms with van der Waals surface area (Å²) in [7, 11) is -3.82. The minimum absolute atomic E-state index is 0.142. The molecule has 1 unspecified atom stereocenters. The number of hydrogen-bond acceptors (Lipinski definition) is 3. The van der Waals surface area contributed by atoms with Gasteiger partial charge in [-0.05, 0) is 44.0 Å². The Morgan fingerprint density at radius 1 is 1.33 bits per heavy atom. The third-order valence-corrected chi connectivity index (χ3v) is 5.57. The van der Waals surface area contributed by atoms with Crippen molar-refractivity contribution in [2.45, 2.75) is 37.1 Å². The van der Waals surface area contributed by atoms with E-state index in [0.717, 1.165) is 37.6 Å². The summed E-state index contributed by atoms with van der Waals surface area (Å²) in [4.78, 5) is -0.194. The van der Waals surface area contributed by atoms with Crippen molar-refractivity contribution in [2.24, 2.45) is 0 Å². The molecule has 1 aromatic carbocycles. The third kappa shape index (κ3) is 3.59. The predicted octanol–water partition coefficient (Wildman–Crippen LogP) is 2.12. The number of halogens is 2. The van der Waals surface area contributed by atoms with Gasteiger partial charge in [0.25, 0.3) is 0 Å². The quantitative estimate of drug-likeness (QED) is 0.905. The molecule has 1 atom stereocenters. The Kier molecular flexibility index (Phi) is 5.29. The van der Waals surface area contributed by atoms with E-state index in [1.807, 2.05) is 6.92 Å². The van der Waals surface area contributed by atoms with Crippen LogP contribution in [0.1, 0.15) is 26.2 Å². The molecular formula is C14H20F2N2O2S. The van der Waals surface area contributed by atoms with Gasteiger partial charge >= 0.3 is 0 Å². The van der Waals surface area contributed by atoms with Crippen LogP contribution in [0.2, 0.25) is 0 Å². The number of rotatable bonds is 5. The van der Waals surface area contributed by atoms with Crippen molar-refractivity contribution in [1.82, 2.24) is 9.62 Å². The summed E-state index contributed by atoms with van der Waals surface area (Å²) in [5.41, 5.74) is 0. The van der Waals surface area contributed by atoms with Gasteiger partial charge in [0, 0.05) is 19.1 Å². The monoisotopic (exact) mass is 318 g/mol. The lowest BCUT2D eigenvalue weighted by atomic mass is 10.1. The molecule has 1 N–H and O–H groups in total. The van der Waals surface area contributed by atoms with Gasteiger partial charge in [0.15, 0.2) is 11.6 Å². The van der Waals surface area contributed by atoms with E-state index in [9.17, 15) is 17.2 Å². The van der Waals surface area contributed by atoms with E-state index in [-0.39, 0.29) is 10.9 Å². The molecule has 1 aliphatic heterocycles. The van der Waals surface area contributed by atoms with Gasteiger partial charge in [0.2, 0.25) is 10.0 Å². The molecule has 0 aromatic heterocycles.